The lowest BCUT2D eigenvalue weighted by Gasteiger charge is -2.42. The van der Waals surface area contributed by atoms with Gasteiger partial charge in [-0.1, -0.05) is 0 Å². The van der Waals surface area contributed by atoms with E-state index in [1.54, 1.807) is 7.11 Å². The SMILES string of the molecule is CCOC(=O)C1(COC)CCCN(CC2CCCNC2)C1. The van der Waals surface area contributed by atoms with Gasteiger partial charge in [-0.3, -0.25) is 4.79 Å². The monoisotopic (exact) mass is 298 g/mol. The Morgan fingerprint density at radius 1 is 1.43 bits per heavy atom. The number of nitrogens with zero attached hydrogens (tertiary/aromatic N) is 1. The van der Waals surface area contributed by atoms with E-state index in [0.717, 1.165) is 45.6 Å². The van der Waals surface area contributed by atoms with Gasteiger partial charge in [-0.25, -0.2) is 0 Å². The van der Waals surface area contributed by atoms with Crippen molar-refractivity contribution >= 4 is 5.97 Å². The van der Waals surface area contributed by atoms with Crippen molar-refractivity contribution in [3.63, 3.8) is 0 Å². The van der Waals surface area contributed by atoms with E-state index >= 15 is 0 Å². The lowest BCUT2D eigenvalue weighted by atomic mass is 9.80. The maximum atomic E-state index is 12.4. The Kier molecular flexibility index (Phi) is 6.45. The topological polar surface area (TPSA) is 50.8 Å². The van der Waals surface area contributed by atoms with E-state index in [0.29, 0.717) is 19.1 Å². The van der Waals surface area contributed by atoms with Crippen molar-refractivity contribution in [3.05, 3.63) is 0 Å². The Labute approximate surface area is 128 Å². The number of hydrogen-bond donors (Lipinski definition) is 1. The molecule has 21 heavy (non-hydrogen) atoms. The molecule has 0 aromatic carbocycles. The largest absolute Gasteiger partial charge is 0.465 e. The molecule has 0 aromatic rings. The summed E-state index contributed by atoms with van der Waals surface area (Å²) in [5.74, 6) is 0.623. The van der Waals surface area contributed by atoms with Crippen molar-refractivity contribution in [2.75, 3.05) is 53.0 Å². The number of carbonyl (C=O) groups is 1. The summed E-state index contributed by atoms with van der Waals surface area (Å²) >= 11 is 0. The molecular weight excluding hydrogens is 268 g/mol. The van der Waals surface area contributed by atoms with Crippen LogP contribution in [0.4, 0.5) is 0 Å². The molecule has 0 amide bonds. The number of ether oxygens (including phenoxy) is 2. The zero-order valence-electron chi connectivity index (χ0n) is 13.5. The van der Waals surface area contributed by atoms with Crippen LogP contribution in [-0.2, 0) is 14.3 Å². The number of methoxy groups -OCH3 is 1. The third-order valence-corrected chi connectivity index (χ3v) is 4.70. The average molecular weight is 298 g/mol. The molecule has 2 unspecified atom stereocenters. The van der Waals surface area contributed by atoms with Crippen LogP contribution in [0.1, 0.15) is 32.6 Å². The van der Waals surface area contributed by atoms with Crippen LogP contribution in [0, 0.1) is 11.3 Å². The first-order chi connectivity index (χ1) is 10.2. The zero-order valence-corrected chi connectivity index (χ0v) is 13.5. The predicted molar refractivity (Wildman–Crippen MR) is 82.2 cm³/mol. The molecule has 0 bridgehead atoms. The van der Waals surface area contributed by atoms with Crippen molar-refractivity contribution in [1.29, 1.82) is 0 Å². The second kappa shape index (κ2) is 8.11. The molecule has 2 saturated heterocycles. The number of likely N-dealkylation sites (tertiary alicyclic amines) is 1. The summed E-state index contributed by atoms with van der Waals surface area (Å²) in [5.41, 5.74) is -0.467. The third-order valence-electron chi connectivity index (χ3n) is 4.70. The fraction of sp³-hybridized carbons (Fsp3) is 0.938. The highest BCUT2D eigenvalue weighted by atomic mass is 16.5. The second-order valence-electron chi connectivity index (χ2n) is 6.48. The van der Waals surface area contributed by atoms with Gasteiger partial charge >= 0.3 is 5.97 Å². The van der Waals surface area contributed by atoms with Gasteiger partial charge in [-0.05, 0) is 58.2 Å². The number of rotatable bonds is 6. The van der Waals surface area contributed by atoms with E-state index in [1.165, 1.54) is 12.8 Å². The highest BCUT2D eigenvalue weighted by Crippen LogP contribution is 2.32. The average Bonchev–Trinajstić information content (AvgIpc) is 2.49. The molecule has 122 valence electrons. The Balaban J connectivity index is 1.96. The van der Waals surface area contributed by atoms with Crippen LogP contribution in [0.5, 0.6) is 0 Å². The summed E-state index contributed by atoms with van der Waals surface area (Å²) < 4.78 is 10.7. The van der Waals surface area contributed by atoms with E-state index in [9.17, 15) is 4.79 Å². The summed E-state index contributed by atoms with van der Waals surface area (Å²) in [5, 5.41) is 3.47. The van der Waals surface area contributed by atoms with E-state index in [1.807, 2.05) is 6.92 Å². The molecule has 0 saturated carbocycles. The van der Waals surface area contributed by atoms with E-state index in [4.69, 9.17) is 9.47 Å². The Bertz CT molecular complexity index is 327. The van der Waals surface area contributed by atoms with E-state index in [2.05, 4.69) is 10.2 Å². The number of piperidine rings is 2. The molecule has 2 aliphatic rings. The first-order valence-electron chi connectivity index (χ1n) is 8.29. The minimum atomic E-state index is -0.467. The molecule has 0 spiro atoms. The number of esters is 1. The van der Waals surface area contributed by atoms with Crippen molar-refractivity contribution in [2.45, 2.75) is 32.6 Å². The highest BCUT2D eigenvalue weighted by molar-refractivity contribution is 5.77. The maximum Gasteiger partial charge on any atom is 0.315 e. The Morgan fingerprint density at radius 3 is 2.95 bits per heavy atom. The molecule has 0 aromatic heterocycles. The first kappa shape index (κ1) is 16.7. The molecule has 2 heterocycles. The summed E-state index contributed by atoms with van der Waals surface area (Å²) in [6.07, 6.45) is 4.47. The minimum absolute atomic E-state index is 0.0849. The van der Waals surface area contributed by atoms with Crippen LogP contribution in [0.15, 0.2) is 0 Å². The molecule has 2 fully saturated rings. The Morgan fingerprint density at radius 2 is 2.29 bits per heavy atom. The summed E-state index contributed by atoms with van der Waals surface area (Å²) in [6.45, 7) is 7.96. The molecule has 2 aliphatic heterocycles. The molecule has 2 rings (SSSR count). The first-order valence-corrected chi connectivity index (χ1v) is 8.29. The van der Waals surface area contributed by atoms with Gasteiger partial charge in [0.25, 0.3) is 0 Å². The standard InChI is InChI=1S/C16H30N2O3/c1-3-21-15(19)16(13-20-2)7-5-9-18(12-16)11-14-6-4-8-17-10-14/h14,17H,3-13H2,1-2H3. The molecule has 5 heteroatoms. The summed E-state index contributed by atoms with van der Waals surface area (Å²) in [7, 11) is 1.67. The minimum Gasteiger partial charge on any atom is -0.465 e. The predicted octanol–water partition coefficient (Wildman–Crippen LogP) is 1.28. The third kappa shape index (κ3) is 4.41. The molecule has 0 radical (unpaired) electrons. The van der Waals surface area contributed by atoms with Gasteiger partial charge in [0.1, 0.15) is 5.41 Å². The Hall–Kier alpha value is -0.650. The van der Waals surface area contributed by atoms with Crippen molar-refractivity contribution < 1.29 is 14.3 Å². The highest BCUT2D eigenvalue weighted by Gasteiger charge is 2.44. The van der Waals surface area contributed by atoms with Crippen LogP contribution in [0.25, 0.3) is 0 Å². The molecule has 2 atom stereocenters. The molecular formula is C16H30N2O3. The maximum absolute atomic E-state index is 12.4. The van der Waals surface area contributed by atoms with Crippen LogP contribution in [0.2, 0.25) is 0 Å². The number of nitrogens with one attached hydrogen (secondary N) is 1. The number of carbonyl (C=O) groups excluding carboxylic acids is 1. The van der Waals surface area contributed by atoms with Crippen LogP contribution < -0.4 is 5.32 Å². The van der Waals surface area contributed by atoms with E-state index in [-0.39, 0.29) is 5.97 Å². The fourth-order valence-corrected chi connectivity index (χ4v) is 3.73. The van der Waals surface area contributed by atoms with Gasteiger partial charge in [-0.15, -0.1) is 0 Å². The lowest BCUT2D eigenvalue weighted by Crippen LogP contribution is -2.52. The molecule has 5 nitrogen and oxygen atoms in total. The van der Waals surface area contributed by atoms with Gasteiger partial charge in [-0.2, -0.15) is 0 Å². The molecule has 0 aliphatic carbocycles. The number of hydrogen-bond acceptors (Lipinski definition) is 5. The van der Waals surface area contributed by atoms with Crippen molar-refractivity contribution in [2.24, 2.45) is 11.3 Å². The van der Waals surface area contributed by atoms with Crippen molar-refractivity contribution in [3.8, 4) is 0 Å². The van der Waals surface area contributed by atoms with Gasteiger partial charge in [0, 0.05) is 20.2 Å². The fourth-order valence-electron chi connectivity index (χ4n) is 3.73. The zero-order chi connectivity index (χ0) is 15.1. The lowest BCUT2D eigenvalue weighted by molar-refractivity contribution is -0.163. The van der Waals surface area contributed by atoms with Gasteiger partial charge < -0.3 is 19.7 Å². The normalized spacial score (nSPS) is 31.0. The second-order valence-corrected chi connectivity index (χ2v) is 6.48. The van der Waals surface area contributed by atoms with Crippen LogP contribution >= 0.6 is 0 Å². The van der Waals surface area contributed by atoms with Gasteiger partial charge in [0.05, 0.1) is 13.2 Å². The van der Waals surface area contributed by atoms with Crippen LogP contribution in [0.3, 0.4) is 0 Å². The smallest absolute Gasteiger partial charge is 0.315 e. The van der Waals surface area contributed by atoms with Gasteiger partial charge in [0.15, 0.2) is 0 Å². The summed E-state index contributed by atoms with van der Waals surface area (Å²) in [4.78, 5) is 14.8. The van der Waals surface area contributed by atoms with E-state index < -0.39 is 5.41 Å². The van der Waals surface area contributed by atoms with Crippen molar-refractivity contribution in [1.82, 2.24) is 10.2 Å². The van der Waals surface area contributed by atoms with Crippen LogP contribution in [-0.4, -0.2) is 63.9 Å². The molecule has 1 N–H and O–H groups in total. The van der Waals surface area contributed by atoms with Gasteiger partial charge in [0.2, 0.25) is 0 Å². The summed E-state index contributed by atoms with van der Waals surface area (Å²) in [6, 6.07) is 0. The quantitative estimate of drug-likeness (QED) is 0.749.